The molecule has 1 saturated carbocycles. The first-order chi connectivity index (χ1) is 8.90. The van der Waals surface area contributed by atoms with Gasteiger partial charge in [-0.2, -0.15) is 0 Å². The summed E-state index contributed by atoms with van der Waals surface area (Å²) in [5, 5.41) is 0. The highest BCUT2D eigenvalue weighted by atomic mass is 16.5. The molecule has 1 aliphatic rings. The Bertz CT molecular complexity index is 460. The lowest BCUT2D eigenvalue weighted by atomic mass is 9.78. The van der Waals surface area contributed by atoms with Gasteiger partial charge in [0.1, 0.15) is 5.75 Å². The van der Waals surface area contributed by atoms with Crippen molar-refractivity contribution in [2.45, 2.75) is 53.1 Å². The number of carbonyl (C=O) groups is 1. The van der Waals surface area contributed by atoms with Crippen molar-refractivity contribution in [3.63, 3.8) is 0 Å². The molecule has 0 radical (unpaired) electrons. The largest absolute Gasteiger partial charge is 0.491 e. The summed E-state index contributed by atoms with van der Waals surface area (Å²) in [5.41, 5.74) is 0.921. The van der Waals surface area contributed by atoms with E-state index < -0.39 is 0 Å². The van der Waals surface area contributed by atoms with Crippen LogP contribution in [0.1, 0.15) is 57.3 Å². The predicted molar refractivity (Wildman–Crippen MR) is 77.7 cm³/mol. The maximum Gasteiger partial charge on any atom is 0.166 e. The summed E-state index contributed by atoms with van der Waals surface area (Å²) < 4.78 is 5.67. The lowest BCUT2D eigenvalue weighted by molar-refractivity contribution is 0.0838. The first-order valence-electron chi connectivity index (χ1n) is 7.21. The number of rotatable bonds is 4. The van der Waals surface area contributed by atoms with Crippen molar-refractivity contribution in [2.24, 2.45) is 11.3 Å². The molecular formula is C17H24O2. The Morgan fingerprint density at radius 2 is 2.11 bits per heavy atom. The summed E-state index contributed by atoms with van der Waals surface area (Å²) >= 11 is 0. The predicted octanol–water partition coefficient (Wildman–Crippen LogP) is 4.48. The van der Waals surface area contributed by atoms with Crippen LogP contribution in [0.3, 0.4) is 0 Å². The molecule has 1 unspecified atom stereocenters. The van der Waals surface area contributed by atoms with Crippen LogP contribution in [0.4, 0.5) is 0 Å². The van der Waals surface area contributed by atoms with Crippen molar-refractivity contribution in [3.05, 3.63) is 29.8 Å². The van der Waals surface area contributed by atoms with Gasteiger partial charge in [-0.25, -0.2) is 0 Å². The van der Waals surface area contributed by atoms with Crippen LogP contribution in [-0.4, -0.2) is 11.9 Å². The molecule has 2 nitrogen and oxygen atoms in total. The Kier molecular flexibility index (Phi) is 3.98. The maximum atomic E-state index is 12.6. The molecule has 104 valence electrons. The highest BCUT2D eigenvalue weighted by molar-refractivity contribution is 5.98. The third kappa shape index (κ3) is 3.17. The van der Waals surface area contributed by atoms with Crippen LogP contribution >= 0.6 is 0 Å². The van der Waals surface area contributed by atoms with Gasteiger partial charge in [0, 0.05) is 11.5 Å². The fourth-order valence-corrected chi connectivity index (χ4v) is 3.01. The molecule has 1 aromatic carbocycles. The van der Waals surface area contributed by atoms with E-state index in [0.717, 1.165) is 30.6 Å². The van der Waals surface area contributed by atoms with Gasteiger partial charge in [0.15, 0.2) is 5.78 Å². The normalized spacial score (nSPS) is 21.6. The number of ether oxygens (including phenoxy) is 1. The van der Waals surface area contributed by atoms with Crippen LogP contribution in [0.15, 0.2) is 24.3 Å². The SMILES string of the molecule is CC(C)Oc1cccc(C(=O)C2CCCC2(C)C)c1. The van der Waals surface area contributed by atoms with E-state index in [-0.39, 0.29) is 23.2 Å². The summed E-state index contributed by atoms with van der Waals surface area (Å²) in [6, 6.07) is 7.62. The molecule has 2 rings (SSSR count). The van der Waals surface area contributed by atoms with Crippen LogP contribution in [0.2, 0.25) is 0 Å². The molecule has 1 fully saturated rings. The molecule has 1 aliphatic carbocycles. The zero-order valence-corrected chi connectivity index (χ0v) is 12.4. The van der Waals surface area contributed by atoms with Crippen LogP contribution < -0.4 is 4.74 Å². The second-order valence-corrected chi connectivity index (χ2v) is 6.49. The van der Waals surface area contributed by atoms with Gasteiger partial charge in [0.05, 0.1) is 6.10 Å². The lowest BCUT2D eigenvalue weighted by Crippen LogP contribution is -2.25. The minimum atomic E-state index is 0.131. The summed E-state index contributed by atoms with van der Waals surface area (Å²) in [6.07, 6.45) is 3.45. The van der Waals surface area contributed by atoms with E-state index in [1.54, 1.807) is 0 Å². The van der Waals surface area contributed by atoms with Crippen LogP contribution in [0.5, 0.6) is 5.75 Å². The molecule has 0 amide bonds. The fraction of sp³-hybridized carbons (Fsp3) is 0.588. The molecule has 19 heavy (non-hydrogen) atoms. The van der Waals surface area contributed by atoms with E-state index in [9.17, 15) is 4.79 Å². The average molecular weight is 260 g/mol. The number of Topliss-reactive ketones (excluding diaryl/α,β-unsaturated/α-hetero) is 1. The van der Waals surface area contributed by atoms with Gasteiger partial charge in [-0.05, 0) is 44.2 Å². The Morgan fingerprint density at radius 1 is 1.37 bits per heavy atom. The lowest BCUT2D eigenvalue weighted by Gasteiger charge is -2.25. The number of carbonyl (C=O) groups excluding carboxylic acids is 1. The number of ketones is 1. The van der Waals surface area contributed by atoms with Crippen LogP contribution in [0, 0.1) is 11.3 Å². The molecular weight excluding hydrogens is 236 g/mol. The number of hydrogen-bond acceptors (Lipinski definition) is 2. The molecule has 0 aromatic heterocycles. The zero-order valence-electron chi connectivity index (χ0n) is 12.4. The van der Waals surface area contributed by atoms with Crippen molar-refractivity contribution in [1.82, 2.24) is 0 Å². The molecule has 0 bridgehead atoms. The summed E-state index contributed by atoms with van der Waals surface area (Å²) in [7, 11) is 0. The van der Waals surface area contributed by atoms with Crippen molar-refractivity contribution in [3.8, 4) is 5.75 Å². The maximum absolute atomic E-state index is 12.6. The Labute approximate surface area is 116 Å². The number of hydrogen-bond donors (Lipinski definition) is 0. The van der Waals surface area contributed by atoms with Crippen molar-refractivity contribution < 1.29 is 9.53 Å². The van der Waals surface area contributed by atoms with E-state index in [0.29, 0.717) is 0 Å². The van der Waals surface area contributed by atoms with Gasteiger partial charge >= 0.3 is 0 Å². The molecule has 0 aliphatic heterocycles. The molecule has 0 spiro atoms. The fourth-order valence-electron chi connectivity index (χ4n) is 3.01. The van der Waals surface area contributed by atoms with Gasteiger partial charge in [0.2, 0.25) is 0 Å². The van der Waals surface area contributed by atoms with E-state index in [1.165, 1.54) is 0 Å². The van der Waals surface area contributed by atoms with E-state index in [2.05, 4.69) is 13.8 Å². The van der Waals surface area contributed by atoms with Crippen LogP contribution in [-0.2, 0) is 0 Å². The van der Waals surface area contributed by atoms with Crippen LogP contribution in [0.25, 0.3) is 0 Å². The molecule has 0 saturated heterocycles. The molecule has 1 atom stereocenters. The minimum absolute atomic E-state index is 0.131. The van der Waals surface area contributed by atoms with Crippen molar-refractivity contribution in [2.75, 3.05) is 0 Å². The quantitative estimate of drug-likeness (QED) is 0.746. The topological polar surface area (TPSA) is 26.3 Å². The molecule has 0 heterocycles. The number of benzene rings is 1. The first-order valence-corrected chi connectivity index (χ1v) is 7.21. The standard InChI is InChI=1S/C17H24O2/c1-12(2)19-14-8-5-7-13(11-14)16(18)15-9-6-10-17(15,3)4/h5,7-8,11-12,15H,6,9-10H2,1-4H3. The summed E-state index contributed by atoms with van der Waals surface area (Å²) in [4.78, 5) is 12.6. The second-order valence-electron chi connectivity index (χ2n) is 6.49. The molecule has 2 heteroatoms. The average Bonchev–Trinajstić information content (AvgIpc) is 2.67. The van der Waals surface area contributed by atoms with Gasteiger partial charge in [-0.1, -0.05) is 32.4 Å². The highest BCUT2D eigenvalue weighted by Gasteiger charge is 2.39. The third-order valence-corrected chi connectivity index (χ3v) is 4.06. The highest BCUT2D eigenvalue weighted by Crippen LogP contribution is 2.44. The Morgan fingerprint density at radius 3 is 2.68 bits per heavy atom. The van der Waals surface area contributed by atoms with Gasteiger partial charge in [-0.15, -0.1) is 0 Å². The van der Waals surface area contributed by atoms with Crippen molar-refractivity contribution >= 4 is 5.78 Å². The Balaban J connectivity index is 2.19. The van der Waals surface area contributed by atoms with E-state index in [4.69, 9.17) is 4.74 Å². The molecule has 0 N–H and O–H groups in total. The minimum Gasteiger partial charge on any atom is -0.491 e. The second kappa shape index (κ2) is 5.36. The van der Waals surface area contributed by atoms with E-state index >= 15 is 0 Å². The summed E-state index contributed by atoms with van der Waals surface area (Å²) in [5.74, 6) is 1.22. The van der Waals surface area contributed by atoms with E-state index in [1.807, 2.05) is 38.1 Å². The van der Waals surface area contributed by atoms with Gasteiger partial charge in [-0.3, -0.25) is 4.79 Å². The van der Waals surface area contributed by atoms with Gasteiger partial charge < -0.3 is 4.74 Å². The van der Waals surface area contributed by atoms with Crippen molar-refractivity contribution in [1.29, 1.82) is 0 Å². The Hall–Kier alpha value is -1.31. The first kappa shape index (κ1) is 14.1. The monoisotopic (exact) mass is 260 g/mol. The summed E-state index contributed by atoms with van der Waals surface area (Å²) in [6.45, 7) is 8.40. The molecule has 1 aromatic rings. The third-order valence-electron chi connectivity index (χ3n) is 4.06. The smallest absolute Gasteiger partial charge is 0.166 e. The van der Waals surface area contributed by atoms with Gasteiger partial charge in [0.25, 0.3) is 0 Å². The zero-order chi connectivity index (χ0) is 14.0.